The third-order valence-corrected chi connectivity index (χ3v) is 3.15. The second kappa shape index (κ2) is 4.44. The minimum atomic E-state index is -0.0539. The molecule has 0 saturated heterocycles. The standard InChI is InChI=1S/C11H13BrN4O/c1-4-16-10(9(12)5-13-16)11(17)8-6-15(3)14-7(8)2/h5-6H,4H2,1-3H3. The summed E-state index contributed by atoms with van der Waals surface area (Å²) in [5, 5.41) is 8.32. The van der Waals surface area contributed by atoms with E-state index >= 15 is 0 Å². The van der Waals surface area contributed by atoms with Crippen LogP contribution in [0.5, 0.6) is 0 Å². The zero-order chi connectivity index (χ0) is 12.6. The Kier molecular flexibility index (Phi) is 3.15. The van der Waals surface area contributed by atoms with E-state index in [1.807, 2.05) is 13.8 Å². The second-order valence-corrected chi connectivity index (χ2v) is 4.64. The van der Waals surface area contributed by atoms with Crippen LogP contribution in [0.1, 0.15) is 28.7 Å². The topological polar surface area (TPSA) is 52.7 Å². The monoisotopic (exact) mass is 296 g/mol. The Morgan fingerprint density at radius 3 is 2.76 bits per heavy atom. The normalized spacial score (nSPS) is 10.8. The first-order chi connectivity index (χ1) is 8.04. The van der Waals surface area contributed by atoms with E-state index in [2.05, 4.69) is 26.1 Å². The minimum absolute atomic E-state index is 0.0539. The van der Waals surface area contributed by atoms with E-state index in [-0.39, 0.29) is 5.78 Å². The highest BCUT2D eigenvalue weighted by Crippen LogP contribution is 2.21. The molecule has 17 heavy (non-hydrogen) atoms. The maximum absolute atomic E-state index is 12.4. The average Bonchev–Trinajstić information content (AvgIpc) is 2.80. The molecular formula is C11H13BrN4O. The molecule has 0 amide bonds. The molecule has 0 spiro atoms. The molecule has 0 aliphatic rings. The Morgan fingerprint density at radius 2 is 2.24 bits per heavy atom. The van der Waals surface area contributed by atoms with E-state index in [9.17, 15) is 4.79 Å². The van der Waals surface area contributed by atoms with Gasteiger partial charge in [0.05, 0.1) is 21.9 Å². The number of carbonyl (C=O) groups is 1. The van der Waals surface area contributed by atoms with Gasteiger partial charge in [-0.25, -0.2) is 0 Å². The first-order valence-electron chi connectivity index (χ1n) is 5.30. The lowest BCUT2D eigenvalue weighted by Gasteiger charge is -2.03. The van der Waals surface area contributed by atoms with Crippen molar-refractivity contribution in [3.05, 3.63) is 33.8 Å². The van der Waals surface area contributed by atoms with Crippen molar-refractivity contribution >= 4 is 21.7 Å². The highest BCUT2D eigenvalue weighted by Gasteiger charge is 2.21. The van der Waals surface area contributed by atoms with Crippen LogP contribution in [-0.4, -0.2) is 25.3 Å². The van der Waals surface area contributed by atoms with Crippen molar-refractivity contribution in [2.45, 2.75) is 20.4 Å². The van der Waals surface area contributed by atoms with Crippen molar-refractivity contribution in [2.24, 2.45) is 7.05 Å². The number of carbonyl (C=O) groups excluding carboxylic acids is 1. The average molecular weight is 297 g/mol. The Morgan fingerprint density at radius 1 is 1.53 bits per heavy atom. The van der Waals surface area contributed by atoms with Gasteiger partial charge < -0.3 is 0 Å². The number of hydrogen-bond donors (Lipinski definition) is 0. The zero-order valence-corrected chi connectivity index (χ0v) is 11.5. The molecule has 2 rings (SSSR count). The van der Waals surface area contributed by atoms with Crippen LogP contribution in [0.25, 0.3) is 0 Å². The maximum atomic E-state index is 12.4. The molecule has 6 heteroatoms. The van der Waals surface area contributed by atoms with Gasteiger partial charge in [0.1, 0.15) is 5.69 Å². The quantitative estimate of drug-likeness (QED) is 0.814. The van der Waals surface area contributed by atoms with E-state index in [1.54, 1.807) is 28.8 Å². The van der Waals surface area contributed by atoms with Crippen molar-refractivity contribution in [1.82, 2.24) is 19.6 Å². The van der Waals surface area contributed by atoms with E-state index in [0.717, 1.165) is 5.69 Å². The van der Waals surface area contributed by atoms with E-state index in [4.69, 9.17) is 0 Å². The lowest BCUT2D eigenvalue weighted by Crippen LogP contribution is -2.11. The van der Waals surface area contributed by atoms with Crippen molar-refractivity contribution < 1.29 is 4.79 Å². The number of rotatable bonds is 3. The van der Waals surface area contributed by atoms with Gasteiger partial charge in [-0.2, -0.15) is 10.2 Å². The van der Waals surface area contributed by atoms with Crippen LogP contribution in [-0.2, 0) is 13.6 Å². The van der Waals surface area contributed by atoms with Gasteiger partial charge in [0.15, 0.2) is 0 Å². The van der Waals surface area contributed by atoms with E-state index in [1.165, 1.54) is 0 Å². The van der Waals surface area contributed by atoms with Crippen molar-refractivity contribution in [1.29, 1.82) is 0 Å². The van der Waals surface area contributed by atoms with Crippen molar-refractivity contribution in [3.63, 3.8) is 0 Å². The first kappa shape index (κ1) is 12.0. The SMILES string of the molecule is CCn1ncc(Br)c1C(=O)c1cn(C)nc1C. The van der Waals surface area contributed by atoms with Crippen molar-refractivity contribution in [3.8, 4) is 0 Å². The molecule has 5 nitrogen and oxygen atoms in total. The predicted octanol–water partition coefficient (Wildman–Crippen LogP) is 1.94. The summed E-state index contributed by atoms with van der Waals surface area (Å²) in [4.78, 5) is 12.4. The zero-order valence-electron chi connectivity index (χ0n) is 9.94. The number of ketones is 1. The molecule has 0 saturated carbocycles. The first-order valence-corrected chi connectivity index (χ1v) is 6.10. The summed E-state index contributed by atoms with van der Waals surface area (Å²) in [7, 11) is 1.80. The van der Waals surface area contributed by atoms with Crippen LogP contribution in [0.15, 0.2) is 16.9 Å². The molecule has 0 aromatic carbocycles. The van der Waals surface area contributed by atoms with Gasteiger partial charge in [0.2, 0.25) is 5.78 Å². The molecule has 0 unspecified atom stereocenters. The lowest BCUT2D eigenvalue weighted by molar-refractivity contribution is 0.102. The molecule has 0 bridgehead atoms. The summed E-state index contributed by atoms with van der Waals surface area (Å²) >= 11 is 3.36. The Bertz CT molecular complexity index is 570. The summed E-state index contributed by atoms with van der Waals surface area (Å²) in [6.45, 7) is 4.44. The van der Waals surface area contributed by atoms with Gasteiger partial charge in [0.25, 0.3) is 0 Å². The summed E-state index contributed by atoms with van der Waals surface area (Å²) in [6, 6.07) is 0. The molecule has 2 aromatic rings. The lowest BCUT2D eigenvalue weighted by atomic mass is 10.1. The van der Waals surface area contributed by atoms with E-state index < -0.39 is 0 Å². The summed E-state index contributed by atoms with van der Waals surface area (Å²) in [6.07, 6.45) is 3.37. The number of aryl methyl sites for hydroxylation is 3. The van der Waals surface area contributed by atoms with E-state index in [0.29, 0.717) is 22.3 Å². The third-order valence-electron chi connectivity index (χ3n) is 2.57. The summed E-state index contributed by atoms with van der Waals surface area (Å²) in [5.41, 5.74) is 1.92. The van der Waals surface area contributed by atoms with Crippen LogP contribution < -0.4 is 0 Å². The van der Waals surface area contributed by atoms with Crippen LogP contribution >= 0.6 is 15.9 Å². The molecule has 2 heterocycles. The fraction of sp³-hybridized carbons (Fsp3) is 0.364. The molecule has 0 N–H and O–H groups in total. The maximum Gasteiger partial charge on any atom is 0.215 e. The predicted molar refractivity (Wildman–Crippen MR) is 67.0 cm³/mol. The van der Waals surface area contributed by atoms with Gasteiger partial charge in [-0.1, -0.05) is 0 Å². The number of halogens is 1. The van der Waals surface area contributed by atoms with Gasteiger partial charge in [-0.05, 0) is 29.8 Å². The number of aromatic nitrogens is 4. The van der Waals surface area contributed by atoms with Crippen molar-refractivity contribution in [2.75, 3.05) is 0 Å². The number of nitrogens with zero attached hydrogens (tertiary/aromatic N) is 4. The highest BCUT2D eigenvalue weighted by molar-refractivity contribution is 9.10. The highest BCUT2D eigenvalue weighted by atomic mass is 79.9. The molecule has 2 aromatic heterocycles. The molecular weight excluding hydrogens is 284 g/mol. The molecule has 90 valence electrons. The summed E-state index contributed by atoms with van der Waals surface area (Å²) < 4.78 is 4.04. The molecule has 0 atom stereocenters. The Labute approximate surface area is 108 Å². The van der Waals surface area contributed by atoms with Crippen LogP contribution in [0.4, 0.5) is 0 Å². The van der Waals surface area contributed by atoms with Crippen LogP contribution in [0.3, 0.4) is 0 Å². The Balaban J connectivity index is 2.50. The van der Waals surface area contributed by atoms with Crippen LogP contribution in [0, 0.1) is 6.92 Å². The second-order valence-electron chi connectivity index (χ2n) is 3.79. The molecule has 0 aliphatic carbocycles. The fourth-order valence-electron chi connectivity index (χ4n) is 1.78. The third kappa shape index (κ3) is 2.04. The van der Waals surface area contributed by atoms with Gasteiger partial charge in [-0.15, -0.1) is 0 Å². The van der Waals surface area contributed by atoms with Gasteiger partial charge in [-0.3, -0.25) is 14.2 Å². The number of hydrogen-bond acceptors (Lipinski definition) is 3. The smallest absolute Gasteiger partial charge is 0.215 e. The Hall–Kier alpha value is -1.43. The minimum Gasteiger partial charge on any atom is -0.287 e. The van der Waals surface area contributed by atoms with Gasteiger partial charge >= 0.3 is 0 Å². The van der Waals surface area contributed by atoms with Crippen LogP contribution in [0.2, 0.25) is 0 Å². The van der Waals surface area contributed by atoms with Gasteiger partial charge in [0, 0.05) is 19.8 Å². The molecule has 0 aliphatic heterocycles. The largest absolute Gasteiger partial charge is 0.287 e. The molecule has 0 fully saturated rings. The molecule has 0 radical (unpaired) electrons. The summed E-state index contributed by atoms with van der Waals surface area (Å²) in [5.74, 6) is -0.0539. The fourth-order valence-corrected chi connectivity index (χ4v) is 2.25.